The number of carbonyl (C=O) groups is 1. The summed E-state index contributed by atoms with van der Waals surface area (Å²) < 4.78 is 36.9. The molecule has 1 N–H and O–H groups in total. The van der Waals surface area contributed by atoms with Crippen LogP contribution in [0.4, 0.5) is 14.8 Å². The number of benzene rings is 2. The van der Waals surface area contributed by atoms with Gasteiger partial charge in [-0.1, -0.05) is 17.2 Å². The maximum Gasteiger partial charge on any atom is 0.322 e. The number of aromatic nitrogens is 2. The van der Waals surface area contributed by atoms with Crippen LogP contribution < -0.4 is 10.1 Å². The topological polar surface area (TPSA) is 77.2 Å². The smallest absolute Gasteiger partial charge is 0.322 e. The van der Waals surface area contributed by atoms with Gasteiger partial charge in [-0.2, -0.15) is 0 Å². The number of hydrogen-bond acceptors (Lipinski definition) is 5. The van der Waals surface area contributed by atoms with Crippen molar-refractivity contribution < 1.29 is 22.7 Å². The predicted octanol–water partition coefficient (Wildman–Crippen LogP) is 3.28. The first-order valence-corrected chi connectivity index (χ1v) is 6.82. The third kappa shape index (κ3) is 3.07. The van der Waals surface area contributed by atoms with E-state index in [2.05, 4.69) is 15.5 Å². The minimum atomic E-state index is -0.846. The maximum absolute atomic E-state index is 13.7. The van der Waals surface area contributed by atoms with Crippen LogP contribution >= 0.6 is 0 Å². The summed E-state index contributed by atoms with van der Waals surface area (Å²) in [5.74, 6) is -1.90. The molecule has 24 heavy (non-hydrogen) atoms. The van der Waals surface area contributed by atoms with Crippen molar-refractivity contribution in [3.8, 4) is 17.2 Å². The Morgan fingerprint density at radius 3 is 2.71 bits per heavy atom. The number of amides is 1. The number of nitrogens with one attached hydrogen (secondary N) is 1. The van der Waals surface area contributed by atoms with E-state index in [1.165, 1.54) is 13.2 Å². The molecule has 8 heteroatoms. The number of hydrogen-bond donors (Lipinski definition) is 1. The molecule has 0 aliphatic heterocycles. The van der Waals surface area contributed by atoms with Crippen molar-refractivity contribution in [1.29, 1.82) is 0 Å². The molecule has 0 spiro atoms. The maximum atomic E-state index is 13.7. The lowest BCUT2D eigenvalue weighted by atomic mass is 10.2. The minimum absolute atomic E-state index is 0.0679. The summed E-state index contributed by atoms with van der Waals surface area (Å²) in [6.45, 7) is 0. The van der Waals surface area contributed by atoms with Crippen LogP contribution in [0.25, 0.3) is 11.5 Å². The van der Waals surface area contributed by atoms with Gasteiger partial charge < -0.3 is 9.15 Å². The van der Waals surface area contributed by atoms with E-state index in [1.807, 2.05) is 0 Å². The third-order valence-corrected chi connectivity index (χ3v) is 3.16. The molecule has 2 aromatic carbocycles. The van der Waals surface area contributed by atoms with Crippen LogP contribution in [-0.2, 0) is 0 Å². The highest BCUT2D eigenvalue weighted by Gasteiger charge is 2.17. The van der Waals surface area contributed by atoms with E-state index in [1.54, 1.807) is 24.3 Å². The van der Waals surface area contributed by atoms with Crippen LogP contribution in [0, 0.1) is 11.6 Å². The van der Waals surface area contributed by atoms with Crippen molar-refractivity contribution in [2.45, 2.75) is 0 Å². The number of halogens is 2. The Morgan fingerprint density at radius 2 is 1.96 bits per heavy atom. The molecule has 0 aliphatic carbocycles. The summed E-state index contributed by atoms with van der Waals surface area (Å²) >= 11 is 0. The van der Waals surface area contributed by atoms with Gasteiger partial charge in [0.25, 0.3) is 11.8 Å². The van der Waals surface area contributed by atoms with Crippen LogP contribution in [0.15, 0.2) is 46.9 Å². The second-order valence-corrected chi connectivity index (χ2v) is 4.69. The van der Waals surface area contributed by atoms with Crippen molar-refractivity contribution in [2.24, 2.45) is 0 Å². The molecule has 1 amide bonds. The van der Waals surface area contributed by atoms with Crippen molar-refractivity contribution >= 4 is 11.9 Å². The number of nitrogens with zero attached hydrogens (tertiary/aromatic N) is 2. The molecule has 0 bridgehead atoms. The molecule has 1 aromatic heterocycles. The monoisotopic (exact) mass is 331 g/mol. The van der Waals surface area contributed by atoms with Gasteiger partial charge in [-0.05, 0) is 24.3 Å². The fourth-order valence-corrected chi connectivity index (χ4v) is 2.04. The standard InChI is InChI=1S/C16H11F2N3O3/c1-23-13-5-3-2-4-11(13)14(22)19-16-21-20-15(24-16)10-7-6-9(17)8-12(10)18/h2-8H,1H3,(H,19,21,22). The lowest BCUT2D eigenvalue weighted by molar-refractivity contribution is 0.102. The van der Waals surface area contributed by atoms with Gasteiger partial charge >= 0.3 is 6.01 Å². The van der Waals surface area contributed by atoms with E-state index in [0.717, 1.165) is 6.07 Å². The molecule has 0 saturated heterocycles. The fourth-order valence-electron chi connectivity index (χ4n) is 2.04. The Kier molecular flexibility index (Phi) is 4.19. The minimum Gasteiger partial charge on any atom is -0.496 e. The van der Waals surface area contributed by atoms with E-state index in [0.29, 0.717) is 11.8 Å². The largest absolute Gasteiger partial charge is 0.496 e. The highest BCUT2D eigenvalue weighted by Crippen LogP contribution is 2.24. The Bertz CT molecular complexity index is 896. The molecule has 3 rings (SSSR count). The Morgan fingerprint density at radius 1 is 1.17 bits per heavy atom. The van der Waals surface area contributed by atoms with Gasteiger partial charge in [-0.3, -0.25) is 10.1 Å². The van der Waals surface area contributed by atoms with E-state index in [-0.39, 0.29) is 23.0 Å². The highest BCUT2D eigenvalue weighted by atomic mass is 19.1. The number of rotatable bonds is 4. The zero-order valence-corrected chi connectivity index (χ0v) is 12.4. The molecule has 6 nitrogen and oxygen atoms in total. The molecule has 3 aromatic rings. The zero-order valence-electron chi connectivity index (χ0n) is 12.4. The average molecular weight is 331 g/mol. The Balaban J connectivity index is 1.82. The van der Waals surface area contributed by atoms with Crippen molar-refractivity contribution in [1.82, 2.24) is 10.2 Å². The fraction of sp³-hybridized carbons (Fsp3) is 0.0625. The predicted molar refractivity (Wildman–Crippen MR) is 80.6 cm³/mol. The van der Waals surface area contributed by atoms with Crippen LogP contribution in [0.2, 0.25) is 0 Å². The third-order valence-electron chi connectivity index (χ3n) is 3.16. The summed E-state index contributed by atoms with van der Waals surface area (Å²) in [6, 6.07) is 9.30. The van der Waals surface area contributed by atoms with E-state index in [4.69, 9.17) is 9.15 Å². The summed E-state index contributed by atoms with van der Waals surface area (Å²) in [5, 5.41) is 9.67. The molecule has 0 unspecified atom stereocenters. The van der Waals surface area contributed by atoms with Crippen molar-refractivity contribution in [3.63, 3.8) is 0 Å². The quantitative estimate of drug-likeness (QED) is 0.794. The summed E-state index contributed by atoms with van der Waals surface area (Å²) in [4.78, 5) is 12.2. The van der Waals surface area contributed by atoms with Gasteiger partial charge in [0.15, 0.2) is 0 Å². The first kappa shape index (κ1) is 15.6. The average Bonchev–Trinajstić information content (AvgIpc) is 3.02. The van der Waals surface area contributed by atoms with Crippen LogP contribution in [0.1, 0.15) is 10.4 Å². The summed E-state index contributed by atoms with van der Waals surface area (Å²) in [5.41, 5.74) is 0.203. The van der Waals surface area contributed by atoms with Gasteiger partial charge in [0, 0.05) is 6.07 Å². The molecule has 0 atom stereocenters. The Hall–Kier alpha value is -3.29. The molecule has 122 valence electrons. The first-order chi connectivity index (χ1) is 11.6. The van der Waals surface area contributed by atoms with Crippen LogP contribution in [-0.4, -0.2) is 23.2 Å². The molecular formula is C16H11F2N3O3. The van der Waals surface area contributed by atoms with Gasteiger partial charge in [0.1, 0.15) is 17.4 Å². The van der Waals surface area contributed by atoms with Crippen LogP contribution in [0.3, 0.4) is 0 Å². The number of para-hydroxylation sites is 1. The van der Waals surface area contributed by atoms with Crippen molar-refractivity contribution in [2.75, 3.05) is 12.4 Å². The second-order valence-electron chi connectivity index (χ2n) is 4.69. The number of methoxy groups -OCH3 is 1. The molecule has 0 radical (unpaired) electrons. The van der Waals surface area contributed by atoms with Gasteiger partial charge in [0.05, 0.1) is 18.2 Å². The summed E-state index contributed by atoms with van der Waals surface area (Å²) in [6.07, 6.45) is 0. The van der Waals surface area contributed by atoms with E-state index >= 15 is 0 Å². The number of carbonyl (C=O) groups excluding carboxylic acids is 1. The van der Waals surface area contributed by atoms with Crippen molar-refractivity contribution in [3.05, 3.63) is 59.7 Å². The molecular weight excluding hydrogens is 320 g/mol. The molecule has 0 fully saturated rings. The first-order valence-electron chi connectivity index (χ1n) is 6.82. The van der Waals surface area contributed by atoms with E-state index < -0.39 is 17.5 Å². The Labute approximate surface area is 135 Å². The number of anilines is 1. The zero-order chi connectivity index (χ0) is 17.1. The molecule has 1 heterocycles. The summed E-state index contributed by atoms with van der Waals surface area (Å²) in [7, 11) is 1.44. The molecule has 0 aliphatic rings. The van der Waals surface area contributed by atoms with Gasteiger partial charge in [-0.25, -0.2) is 8.78 Å². The SMILES string of the molecule is COc1ccccc1C(=O)Nc1nnc(-c2ccc(F)cc2F)o1. The van der Waals surface area contributed by atoms with Crippen LogP contribution in [0.5, 0.6) is 5.75 Å². The van der Waals surface area contributed by atoms with Gasteiger partial charge in [0.2, 0.25) is 0 Å². The number of ether oxygens (including phenoxy) is 1. The van der Waals surface area contributed by atoms with E-state index in [9.17, 15) is 13.6 Å². The highest BCUT2D eigenvalue weighted by molar-refractivity contribution is 6.05. The van der Waals surface area contributed by atoms with Gasteiger partial charge in [-0.15, -0.1) is 5.10 Å². The molecule has 0 saturated carbocycles. The second kappa shape index (κ2) is 6.45. The lowest BCUT2D eigenvalue weighted by Crippen LogP contribution is -2.13. The normalized spacial score (nSPS) is 10.5. The lowest BCUT2D eigenvalue weighted by Gasteiger charge is -2.06.